The third kappa shape index (κ3) is 4.79. The van der Waals surface area contributed by atoms with Crippen LogP contribution in [0.15, 0.2) is 29.2 Å². The lowest BCUT2D eigenvalue weighted by molar-refractivity contribution is -0.904. The van der Waals surface area contributed by atoms with Crippen molar-refractivity contribution >= 4 is 21.6 Å². The van der Waals surface area contributed by atoms with E-state index in [1.165, 1.54) is 23.5 Å². The summed E-state index contributed by atoms with van der Waals surface area (Å²) in [6.07, 6.45) is 1.22. The van der Waals surface area contributed by atoms with Crippen LogP contribution >= 0.6 is 0 Å². The molecule has 1 aromatic carbocycles. The SMILES string of the molecule is C[C@H]1C[C@H](C)C[NH+](CC(=O)Nc2ccc(S(N)(=O)=O)cc2)C1. The highest BCUT2D eigenvalue weighted by Gasteiger charge is 2.26. The number of hydrogen-bond acceptors (Lipinski definition) is 3. The molecule has 0 aliphatic carbocycles. The van der Waals surface area contributed by atoms with E-state index in [9.17, 15) is 13.2 Å². The summed E-state index contributed by atoms with van der Waals surface area (Å²) in [6.45, 7) is 6.91. The minimum absolute atomic E-state index is 0.0369. The Balaban J connectivity index is 1.92. The predicted molar refractivity (Wildman–Crippen MR) is 85.0 cm³/mol. The van der Waals surface area contributed by atoms with Gasteiger partial charge in [-0.2, -0.15) is 0 Å². The molecule has 0 saturated carbocycles. The Morgan fingerprint density at radius 3 is 2.27 bits per heavy atom. The quantitative estimate of drug-likeness (QED) is 0.717. The number of benzene rings is 1. The molecule has 1 fully saturated rings. The third-order valence-electron chi connectivity index (χ3n) is 3.96. The van der Waals surface area contributed by atoms with Crippen LogP contribution in [-0.2, 0) is 14.8 Å². The van der Waals surface area contributed by atoms with Gasteiger partial charge in [0.15, 0.2) is 6.54 Å². The number of amides is 1. The number of piperidine rings is 1. The van der Waals surface area contributed by atoms with Gasteiger partial charge >= 0.3 is 0 Å². The predicted octanol–water partition coefficient (Wildman–Crippen LogP) is -0.167. The Kier molecular flexibility index (Phi) is 5.20. The molecular formula is C15H24N3O3S+. The number of hydrogen-bond donors (Lipinski definition) is 3. The molecule has 22 heavy (non-hydrogen) atoms. The molecule has 2 atom stereocenters. The number of sulfonamides is 1. The van der Waals surface area contributed by atoms with E-state index in [1.807, 2.05) is 0 Å². The normalized spacial score (nSPS) is 25.7. The van der Waals surface area contributed by atoms with Gasteiger partial charge in [-0.25, -0.2) is 13.6 Å². The zero-order valence-electron chi connectivity index (χ0n) is 13.0. The van der Waals surface area contributed by atoms with Crippen LogP contribution in [0.3, 0.4) is 0 Å². The summed E-state index contributed by atoms with van der Waals surface area (Å²) in [5, 5.41) is 7.84. The maximum Gasteiger partial charge on any atom is 0.279 e. The molecule has 0 aromatic heterocycles. The van der Waals surface area contributed by atoms with Gasteiger partial charge in [-0.15, -0.1) is 0 Å². The summed E-state index contributed by atoms with van der Waals surface area (Å²) in [6, 6.07) is 5.88. The standard InChI is InChI=1S/C15H23N3O3S/c1-11-7-12(2)9-18(8-11)10-15(19)17-13-3-5-14(6-4-13)22(16,20)21/h3-6,11-12H,7-10H2,1-2H3,(H,17,19)(H2,16,20,21)/p+1/t11-,12-/m0/s1. The summed E-state index contributed by atoms with van der Waals surface area (Å²) in [7, 11) is -3.70. The topological polar surface area (TPSA) is 93.7 Å². The van der Waals surface area contributed by atoms with Crippen molar-refractivity contribution in [2.24, 2.45) is 17.0 Å². The lowest BCUT2D eigenvalue weighted by Crippen LogP contribution is -3.15. The van der Waals surface area contributed by atoms with E-state index in [0.717, 1.165) is 13.1 Å². The highest BCUT2D eigenvalue weighted by atomic mass is 32.2. The van der Waals surface area contributed by atoms with E-state index >= 15 is 0 Å². The van der Waals surface area contributed by atoms with Crippen molar-refractivity contribution in [2.45, 2.75) is 25.2 Å². The molecule has 4 N–H and O–H groups in total. The van der Waals surface area contributed by atoms with Crippen LogP contribution in [0.5, 0.6) is 0 Å². The van der Waals surface area contributed by atoms with E-state index in [4.69, 9.17) is 5.14 Å². The average Bonchev–Trinajstić information content (AvgIpc) is 2.36. The van der Waals surface area contributed by atoms with Gasteiger partial charge in [-0.1, -0.05) is 13.8 Å². The second kappa shape index (κ2) is 6.76. The minimum Gasteiger partial charge on any atom is -0.327 e. The maximum absolute atomic E-state index is 12.1. The van der Waals surface area contributed by atoms with Gasteiger partial charge in [0.05, 0.1) is 18.0 Å². The van der Waals surface area contributed by atoms with Gasteiger partial charge in [0.25, 0.3) is 5.91 Å². The van der Waals surface area contributed by atoms with Crippen LogP contribution in [0.1, 0.15) is 20.3 Å². The molecule has 7 heteroatoms. The molecule has 122 valence electrons. The van der Waals surface area contributed by atoms with Crippen molar-refractivity contribution in [3.63, 3.8) is 0 Å². The summed E-state index contributed by atoms with van der Waals surface area (Å²) < 4.78 is 22.4. The Morgan fingerprint density at radius 2 is 1.77 bits per heavy atom. The van der Waals surface area contributed by atoms with Crippen molar-refractivity contribution in [2.75, 3.05) is 25.0 Å². The van der Waals surface area contributed by atoms with Crippen LogP contribution in [0.4, 0.5) is 5.69 Å². The minimum atomic E-state index is -3.70. The first kappa shape index (κ1) is 16.9. The molecule has 1 aliphatic rings. The Bertz CT molecular complexity index is 618. The summed E-state index contributed by atoms with van der Waals surface area (Å²) in [4.78, 5) is 13.4. The van der Waals surface area contributed by atoms with Gasteiger partial charge < -0.3 is 10.2 Å². The molecule has 1 heterocycles. The molecule has 0 bridgehead atoms. The number of carbonyl (C=O) groups excluding carboxylic acids is 1. The number of anilines is 1. The van der Waals surface area contributed by atoms with Crippen LogP contribution in [-0.4, -0.2) is 34.0 Å². The van der Waals surface area contributed by atoms with Crippen LogP contribution in [0.25, 0.3) is 0 Å². The molecule has 1 aromatic rings. The molecule has 0 spiro atoms. The van der Waals surface area contributed by atoms with Crippen molar-refractivity contribution < 1.29 is 18.1 Å². The lowest BCUT2D eigenvalue weighted by atomic mass is 9.92. The summed E-state index contributed by atoms with van der Waals surface area (Å²) >= 11 is 0. The number of quaternary nitrogens is 1. The molecule has 0 unspecified atom stereocenters. The van der Waals surface area contributed by atoms with E-state index in [-0.39, 0.29) is 10.8 Å². The molecule has 6 nitrogen and oxygen atoms in total. The second-order valence-electron chi connectivity index (χ2n) is 6.40. The fourth-order valence-corrected chi connectivity index (χ4v) is 3.74. The molecular weight excluding hydrogens is 302 g/mol. The zero-order chi connectivity index (χ0) is 16.3. The highest BCUT2D eigenvalue weighted by Crippen LogP contribution is 2.13. The number of primary sulfonamides is 1. The fourth-order valence-electron chi connectivity index (χ4n) is 3.23. The van der Waals surface area contributed by atoms with E-state index in [1.54, 1.807) is 12.1 Å². The zero-order valence-corrected chi connectivity index (χ0v) is 13.8. The highest BCUT2D eigenvalue weighted by molar-refractivity contribution is 7.89. The van der Waals surface area contributed by atoms with Crippen molar-refractivity contribution in [3.05, 3.63) is 24.3 Å². The summed E-state index contributed by atoms with van der Waals surface area (Å²) in [5.74, 6) is 1.22. The molecule has 1 saturated heterocycles. The van der Waals surface area contributed by atoms with E-state index in [0.29, 0.717) is 24.1 Å². The number of nitrogens with one attached hydrogen (secondary N) is 2. The number of carbonyl (C=O) groups is 1. The lowest BCUT2D eigenvalue weighted by Gasteiger charge is -2.31. The molecule has 1 amide bonds. The van der Waals surface area contributed by atoms with E-state index in [2.05, 4.69) is 19.2 Å². The number of nitrogens with two attached hydrogens (primary N) is 1. The van der Waals surface area contributed by atoms with Crippen molar-refractivity contribution in [3.8, 4) is 0 Å². The van der Waals surface area contributed by atoms with Gasteiger partial charge in [-0.05, 0) is 30.7 Å². The maximum atomic E-state index is 12.1. The Labute approximate surface area is 131 Å². The first-order valence-corrected chi connectivity index (χ1v) is 9.05. The second-order valence-corrected chi connectivity index (χ2v) is 7.96. The largest absolute Gasteiger partial charge is 0.327 e. The Morgan fingerprint density at radius 1 is 1.23 bits per heavy atom. The van der Waals surface area contributed by atoms with Gasteiger partial charge in [0, 0.05) is 17.5 Å². The van der Waals surface area contributed by atoms with Crippen LogP contribution in [0, 0.1) is 11.8 Å². The first-order valence-electron chi connectivity index (χ1n) is 7.50. The average molecular weight is 326 g/mol. The molecule has 1 aliphatic heterocycles. The van der Waals surface area contributed by atoms with Crippen LogP contribution < -0.4 is 15.4 Å². The van der Waals surface area contributed by atoms with Gasteiger partial charge in [0.1, 0.15) is 0 Å². The van der Waals surface area contributed by atoms with Gasteiger partial charge in [-0.3, -0.25) is 4.79 Å². The number of likely N-dealkylation sites (tertiary alicyclic amines) is 1. The first-order chi connectivity index (χ1) is 10.2. The Hall–Kier alpha value is -1.44. The number of rotatable bonds is 4. The smallest absolute Gasteiger partial charge is 0.279 e. The summed E-state index contributed by atoms with van der Waals surface area (Å²) in [5.41, 5.74) is 0.579. The monoisotopic (exact) mass is 326 g/mol. The van der Waals surface area contributed by atoms with Crippen molar-refractivity contribution in [1.29, 1.82) is 0 Å². The molecule has 0 radical (unpaired) electrons. The van der Waals surface area contributed by atoms with Gasteiger partial charge in [0.2, 0.25) is 10.0 Å². The third-order valence-corrected chi connectivity index (χ3v) is 4.89. The van der Waals surface area contributed by atoms with E-state index < -0.39 is 10.0 Å². The van der Waals surface area contributed by atoms with Crippen molar-refractivity contribution in [1.82, 2.24) is 0 Å². The molecule has 2 rings (SSSR count). The fraction of sp³-hybridized carbons (Fsp3) is 0.533. The van der Waals surface area contributed by atoms with Crippen LogP contribution in [0.2, 0.25) is 0 Å².